The van der Waals surface area contributed by atoms with Crippen molar-refractivity contribution in [2.24, 2.45) is 16.8 Å². The molecule has 6 nitrogen and oxygen atoms in total. The summed E-state index contributed by atoms with van der Waals surface area (Å²) < 4.78 is 25.2. The van der Waals surface area contributed by atoms with E-state index in [0.29, 0.717) is 11.4 Å². The van der Waals surface area contributed by atoms with Gasteiger partial charge >= 0.3 is 0 Å². The Morgan fingerprint density at radius 3 is 2.41 bits per heavy atom. The van der Waals surface area contributed by atoms with E-state index in [4.69, 9.17) is 17.3 Å². The lowest BCUT2D eigenvalue weighted by Gasteiger charge is -2.19. The molecule has 0 aliphatic carbocycles. The van der Waals surface area contributed by atoms with Crippen molar-refractivity contribution in [2.75, 3.05) is 0 Å². The minimum Gasteiger partial charge on any atom is -0.315 e. The number of hydrazone groups is 1. The third kappa shape index (κ3) is 4.37. The molecule has 27 heavy (non-hydrogen) atoms. The molecular formula is C19H20ClN3O3S. The number of carbonyl (C=O) groups excluding carboxylic acids is 1. The highest BCUT2D eigenvalue weighted by Crippen LogP contribution is 2.21. The molecule has 0 radical (unpaired) electrons. The van der Waals surface area contributed by atoms with Gasteiger partial charge in [0.05, 0.1) is 10.6 Å². The van der Waals surface area contributed by atoms with Crippen molar-refractivity contribution in [3.05, 3.63) is 64.7 Å². The maximum Gasteiger partial charge on any atom is 0.240 e. The van der Waals surface area contributed by atoms with Gasteiger partial charge in [-0.2, -0.15) is 5.10 Å². The monoisotopic (exact) mass is 405 g/mol. The second-order valence-corrected chi connectivity index (χ2v) is 9.18. The summed E-state index contributed by atoms with van der Waals surface area (Å²) in [5.74, 6) is -0.0709. The lowest BCUT2D eigenvalue weighted by molar-refractivity contribution is -0.121. The highest BCUT2D eigenvalue weighted by atomic mass is 35.5. The quantitative estimate of drug-likeness (QED) is 0.797. The van der Waals surface area contributed by atoms with E-state index in [1.54, 1.807) is 0 Å². The van der Waals surface area contributed by atoms with Crippen molar-refractivity contribution in [3.8, 4) is 0 Å². The number of hydrogen-bond donors (Lipinski definition) is 2. The fourth-order valence-electron chi connectivity index (χ4n) is 2.95. The Morgan fingerprint density at radius 2 is 1.81 bits per heavy atom. The van der Waals surface area contributed by atoms with Crippen LogP contribution in [0.3, 0.4) is 0 Å². The van der Waals surface area contributed by atoms with E-state index >= 15 is 0 Å². The highest BCUT2D eigenvalue weighted by molar-refractivity contribution is 7.92. The van der Waals surface area contributed by atoms with Crippen LogP contribution in [-0.4, -0.2) is 25.4 Å². The largest absolute Gasteiger partial charge is 0.315 e. The Morgan fingerprint density at radius 1 is 1.19 bits per heavy atom. The molecule has 1 aliphatic rings. The number of nitrogens with two attached hydrogens (primary N) is 1. The lowest BCUT2D eigenvalue weighted by atomic mass is 9.93. The second kappa shape index (κ2) is 7.80. The zero-order chi connectivity index (χ0) is 19.6. The van der Waals surface area contributed by atoms with Crippen LogP contribution in [0.15, 0.2) is 58.5 Å². The van der Waals surface area contributed by atoms with Crippen molar-refractivity contribution in [2.45, 2.75) is 30.0 Å². The highest BCUT2D eigenvalue weighted by Gasteiger charge is 2.25. The van der Waals surface area contributed by atoms with Gasteiger partial charge < -0.3 is 5.73 Å². The van der Waals surface area contributed by atoms with Gasteiger partial charge in [0.2, 0.25) is 5.91 Å². The molecule has 0 spiro atoms. The van der Waals surface area contributed by atoms with E-state index in [9.17, 15) is 13.2 Å². The Balaban J connectivity index is 1.74. The number of hydrogen-bond acceptors (Lipinski definition) is 5. The van der Waals surface area contributed by atoms with Crippen molar-refractivity contribution in [1.29, 1.82) is 0 Å². The number of rotatable bonds is 5. The molecule has 1 aliphatic heterocycles. The fraction of sp³-hybridized carbons (Fsp3) is 0.263. The van der Waals surface area contributed by atoms with Gasteiger partial charge in [-0.05, 0) is 35.4 Å². The predicted molar refractivity (Wildman–Crippen MR) is 105 cm³/mol. The first-order valence-electron chi connectivity index (χ1n) is 8.48. The molecule has 2 aromatic carbocycles. The summed E-state index contributed by atoms with van der Waals surface area (Å²) in [6.07, 6.45) is 0.578. The Bertz CT molecular complexity index is 970. The zero-order valence-corrected chi connectivity index (χ0v) is 16.3. The van der Waals surface area contributed by atoms with Crippen LogP contribution in [0.5, 0.6) is 0 Å². The minimum absolute atomic E-state index is 0.0251. The smallest absolute Gasteiger partial charge is 0.240 e. The Kier molecular flexibility index (Phi) is 5.64. The van der Waals surface area contributed by atoms with Crippen LogP contribution >= 0.6 is 11.6 Å². The molecule has 0 bridgehead atoms. The van der Waals surface area contributed by atoms with E-state index in [0.717, 1.165) is 16.8 Å². The molecule has 0 saturated carbocycles. The predicted octanol–water partition coefficient (Wildman–Crippen LogP) is 2.50. The standard InChI is InChI=1S/C19H20ClN3O3S/c1-12-10-18(24)22-23-19(12)14-4-2-13(3-5-14)11-17(21)27(25,26)16-8-6-15(20)7-9-16/h2-9,12,17H,10-11,21H2,1H3,(H,22,24). The summed E-state index contributed by atoms with van der Waals surface area (Å²) in [5, 5.41) is 3.53. The fourth-order valence-corrected chi connectivity index (χ4v) is 4.36. The molecule has 3 rings (SSSR count). The van der Waals surface area contributed by atoms with Crippen LogP contribution in [0.2, 0.25) is 5.02 Å². The maximum atomic E-state index is 12.6. The van der Waals surface area contributed by atoms with Gasteiger partial charge in [0.25, 0.3) is 0 Å². The third-order valence-corrected chi connectivity index (χ3v) is 6.63. The van der Waals surface area contributed by atoms with Gasteiger partial charge in [-0.3, -0.25) is 4.79 Å². The lowest BCUT2D eigenvalue weighted by Crippen LogP contribution is -2.33. The normalized spacial score (nSPS) is 18.6. The van der Waals surface area contributed by atoms with E-state index in [2.05, 4.69) is 10.5 Å². The summed E-state index contributed by atoms with van der Waals surface area (Å²) in [7, 11) is -3.65. The number of sulfone groups is 1. The third-order valence-electron chi connectivity index (χ3n) is 4.49. The molecule has 8 heteroatoms. The van der Waals surface area contributed by atoms with E-state index in [1.807, 2.05) is 31.2 Å². The summed E-state index contributed by atoms with van der Waals surface area (Å²) >= 11 is 5.81. The maximum absolute atomic E-state index is 12.6. The van der Waals surface area contributed by atoms with Crippen LogP contribution in [0, 0.1) is 5.92 Å². The molecule has 1 heterocycles. The Labute approximate surface area is 163 Å². The molecule has 2 aromatic rings. The molecule has 2 unspecified atom stereocenters. The number of nitrogens with zero attached hydrogens (tertiary/aromatic N) is 1. The minimum atomic E-state index is -3.65. The summed E-state index contributed by atoms with van der Waals surface area (Å²) in [4.78, 5) is 11.5. The first-order valence-corrected chi connectivity index (χ1v) is 10.4. The molecule has 2 atom stereocenters. The average Bonchev–Trinajstić information content (AvgIpc) is 2.63. The van der Waals surface area contributed by atoms with E-state index in [-0.39, 0.29) is 23.1 Å². The summed E-state index contributed by atoms with van der Waals surface area (Å²) in [6, 6.07) is 13.4. The van der Waals surface area contributed by atoms with Gasteiger partial charge in [-0.25, -0.2) is 13.8 Å². The van der Waals surface area contributed by atoms with Crippen molar-refractivity contribution in [1.82, 2.24) is 5.43 Å². The van der Waals surface area contributed by atoms with Gasteiger partial charge in [-0.1, -0.05) is 42.8 Å². The van der Waals surface area contributed by atoms with Gasteiger partial charge in [0.15, 0.2) is 9.84 Å². The second-order valence-electron chi connectivity index (χ2n) is 6.58. The SMILES string of the molecule is CC1CC(=O)NN=C1c1ccc(CC(N)S(=O)(=O)c2ccc(Cl)cc2)cc1. The first kappa shape index (κ1) is 19.5. The summed E-state index contributed by atoms with van der Waals surface area (Å²) in [5.41, 5.74) is 11.0. The van der Waals surface area contributed by atoms with Crippen LogP contribution in [0.4, 0.5) is 0 Å². The van der Waals surface area contributed by atoms with Crippen LogP contribution in [0.25, 0.3) is 0 Å². The van der Waals surface area contributed by atoms with Crippen molar-refractivity contribution in [3.63, 3.8) is 0 Å². The summed E-state index contributed by atoms with van der Waals surface area (Å²) in [6.45, 7) is 1.94. The molecule has 1 amide bonds. The average molecular weight is 406 g/mol. The molecule has 0 saturated heterocycles. The van der Waals surface area contributed by atoms with Gasteiger partial charge in [0, 0.05) is 23.8 Å². The molecule has 0 aromatic heterocycles. The molecule has 3 N–H and O–H groups in total. The number of halogens is 1. The molecular weight excluding hydrogens is 386 g/mol. The number of carbonyl (C=O) groups is 1. The van der Waals surface area contributed by atoms with Gasteiger partial charge in [-0.15, -0.1) is 0 Å². The number of nitrogens with one attached hydrogen (secondary N) is 1. The zero-order valence-electron chi connectivity index (χ0n) is 14.7. The Hall–Kier alpha value is -2.22. The van der Waals surface area contributed by atoms with Crippen LogP contribution < -0.4 is 11.2 Å². The topological polar surface area (TPSA) is 102 Å². The van der Waals surface area contributed by atoms with Crippen LogP contribution in [-0.2, 0) is 21.1 Å². The van der Waals surface area contributed by atoms with Crippen molar-refractivity contribution >= 4 is 33.1 Å². The molecule has 0 fully saturated rings. The number of benzene rings is 2. The number of amides is 1. The van der Waals surface area contributed by atoms with Crippen LogP contribution in [0.1, 0.15) is 24.5 Å². The van der Waals surface area contributed by atoms with E-state index in [1.165, 1.54) is 24.3 Å². The van der Waals surface area contributed by atoms with Gasteiger partial charge in [0.1, 0.15) is 5.37 Å². The van der Waals surface area contributed by atoms with E-state index < -0.39 is 15.2 Å². The first-order chi connectivity index (χ1) is 12.8. The van der Waals surface area contributed by atoms with Crippen molar-refractivity contribution < 1.29 is 13.2 Å². The molecule has 142 valence electrons.